The van der Waals surface area contributed by atoms with E-state index in [0.717, 1.165) is 3.57 Å². The van der Waals surface area contributed by atoms with Crippen molar-refractivity contribution < 1.29 is 24.2 Å². The molecule has 120 valence electrons. The van der Waals surface area contributed by atoms with Gasteiger partial charge in [0.1, 0.15) is 0 Å². The lowest BCUT2D eigenvalue weighted by atomic mass is 10.1. The molecule has 0 heterocycles. The molecule has 6 nitrogen and oxygen atoms in total. The van der Waals surface area contributed by atoms with Gasteiger partial charge in [-0.15, -0.1) is 0 Å². The molecule has 1 N–H and O–H groups in total. The average Bonchev–Trinajstić information content (AvgIpc) is 2.49. The van der Waals surface area contributed by atoms with Crippen molar-refractivity contribution >= 4 is 46.4 Å². The predicted molar refractivity (Wildman–Crippen MR) is 90.0 cm³/mol. The smallest absolute Gasteiger partial charge is 0.325 e. The van der Waals surface area contributed by atoms with Gasteiger partial charge in [0.15, 0.2) is 5.92 Å². The molecule has 0 aromatic heterocycles. The number of rotatable bonds is 7. The van der Waals surface area contributed by atoms with Crippen LogP contribution < -0.4 is 0 Å². The molecule has 1 rings (SSSR count). The molecule has 0 aliphatic rings. The highest BCUT2D eigenvalue weighted by atomic mass is 127. The van der Waals surface area contributed by atoms with Crippen molar-refractivity contribution in [3.8, 4) is 0 Å². The molecule has 0 saturated carbocycles. The number of hydrogen-bond acceptors (Lipinski definition) is 6. The highest BCUT2D eigenvalue weighted by Gasteiger charge is 2.27. The summed E-state index contributed by atoms with van der Waals surface area (Å²) in [6.45, 7) is 3.44. The van der Waals surface area contributed by atoms with Crippen LogP contribution in [0.3, 0.4) is 0 Å². The van der Waals surface area contributed by atoms with E-state index in [-0.39, 0.29) is 19.8 Å². The average molecular weight is 419 g/mol. The molecule has 22 heavy (non-hydrogen) atoms. The van der Waals surface area contributed by atoms with Crippen LogP contribution in [0.4, 0.5) is 5.69 Å². The molecule has 0 bridgehead atoms. The minimum absolute atomic E-state index is 0.161. The second-order valence-electron chi connectivity index (χ2n) is 4.19. The quantitative estimate of drug-likeness (QED) is 0.317. The van der Waals surface area contributed by atoms with E-state index in [4.69, 9.17) is 9.47 Å². The van der Waals surface area contributed by atoms with Gasteiger partial charge in [-0.2, -0.15) is 0 Å². The number of ether oxygens (including phenoxy) is 2. The SMILES string of the molecule is CCOC(=O)C(C=Nc1ccc(I)cc1CO)C(=O)OCC. The van der Waals surface area contributed by atoms with Crippen molar-refractivity contribution in [1.29, 1.82) is 0 Å². The first kappa shape index (κ1) is 18.6. The Kier molecular flexibility index (Phi) is 8.03. The number of hydrogen-bond donors (Lipinski definition) is 1. The number of carbonyl (C=O) groups is 2. The van der Waals surface area contributed by atoms with Crippen LogP contribution in [0.1, 0.15) is 19.4 Å². The first-order valence-electron chi connectivity index (χ1n) is 6.80. The highest BCUT2D eigenvalue weighted by Crippen LogP contribution is 2.22. The Hall–Kier alpha value is -1.48. The van der Waals surface area contributed by atoms with Gasteiger partial charge in [-0.3, -0.25) is 14.6 Å². The van der Waals surface area contributed by atoms with Gasteiger partial charge >= 0.3 is 11.9 Å². The maximum absolute atomic E-state index is 11.8. The van der Waals surface area contributed by atoms with E-state index in [0.29, 0.717) is 11.3 Å². The molecule has 0 aliphatic carbocycles. The molecular formula is C15H18INO5. The zero-order chi connectivity index (χ0) is 16.5. The van der Waals surface area contributed by atoms with Crippen LogP contribution in [0.25, 0.3) is 0 Å². The number of carbonyl (C=O) groups excluding carboxylic acids is 2. The molecule has 0 saturated heterocycles. The third-order valence-electron chi connectivity index (χ3n) is 2.66. The minimum atomic E-state index is -1.22. The van der Waals surface area contributed by atoms with E-state index in [1.54, 1.807) is 26.0 Å². The lowest BCUT2D eigenvalue weighted by molar-refractivity contribution is -0.157. The van der Waals surface area contributed by atoms with Crippen molar-refractivity contribution in [1.82, 2.24) is 0 Å². The van der Waals surface area contributed by atoms with Crippen LogP contribution in [0.5, 0.6) is 0 Å². The zero-order valence-corrected chi connectivity index (χ0v) is 14.6. The summed E-state index contributed by atoms with van der Waals surface area (Å²) < 4.78 is 10.7. The number of benzene rings is 1. The molecule has 1 aromatic carbocycles. The van der Waals surface area contributed by atoms with E-state index in [2.05, 4.69) is 27.6 Å². The topological polar surface area (TPSA) is 85.2 Å². The van der Waals surface area contributed by atoms with Crippen LogP contribution in [-0.2, 0) is 25.7 Å². The Morgan fingerprint density at radius 3 is 2.36 bits per heavy atom. The zero-order valence-electron chi connectivity index (χ0n) is 12.4. The van der Waals surface area contributed by atoms with Gasteiger partial charge in [-0.25, -0.2) is 0 Å². The molecule has 0 unspecified atom stereocenters. The maximum atomic E-state index is 11.8. The monoisotopic (exact) mass is 419 g/mol. The third-order valence-corrected chi connectivity index (χ3v) is 3.33. The molecule has 7 heteroatoms. The molecule has 0 amide bonds. The standard InChI is InChI=1S/C15H18INO5/c1-3-21-14(19)12(15(20)22-4-2)8-17-13-6-5-11(16)7-10(13)9-18/h5-8,12,18H,3-4,9H2,1-2H3. The molecule has 1 aromatic rings. The van der Waals surface area contributed by atoms with Gasteiger partial charge in [0, 0.05) is 15.3 Å². The Labute approximate surface area is 142 Å². The number of aliphatic hydroxyl groups is 1. The van der Waals surface area contributed by atoms with E-state index in [1.807, 2.05) is 6.07 Å². The summed E-state index contributed by atoms with van der Waals surface area (Å²) in [5.41, 5.74) is 1.09. The van der Waals surface area contributed by atoms with Crippen molar-refractivity contribution in [2.75, 3.05) is 13.2 Å². The van der Waals surface area contributed by atoms with Gasteiger partial charge in [0.2, 0.25) is 0 Å². The summed E-state index contributed by atoms with van der Waals surface area (Å²) >= 11 is 2.12. The van der Waals surface area contributed by atoms with Gasteiger partial charge in [-0.1, -0.05) is 0 Å². The van der Waals surface area contributed by atoms with E-state index in [1.165, 1.54) is 6.21 Å². The second kappa shape index (κ2) is 9.52. The van der Waals surface area contributed by atoms with Crippen LogP contribution in [0, 0.1) is 9.49 Å². The first-order valence-corrected chi connectivity index (χ1v) is 7.88. The van der Waals surface area contributed by atoms with Crippen molar-refractivity contribution in [3.05, 3.63) is 27.3 Å². The van der Waals surface area contributed by atoms with Crippen molar-refractivity contribution in [2.45, 2.75) is 20.5 Å². The summed E-state index contributed by atoms with van der Waals surface area (Å²) in [7, 11) is 0. The maximum Gasteiger partial charge on any atom is 0.325 e. The lowest BCUT2D eigenvalue weighted by Crippen LogP contribution is -2.29. The van der Waals surface area contributed by atoms with Crippen molar-refractivity contribution in [2.24, 2.45) is 10.9 Å². The predicted octanol–water partition coefficient (Wildman–Crippen LogP) is 2.23. The molecule has 0 aliphatic heterocycles. The first-order chi connectivity index (χ1) is 10.5. The number of esters is 2. The second-order valence-corrected chi connectivity index (χ2v) is 5.44. The Morgan fingerprint density at radius 1 is 1.27 bits per heavy atom. The number of nitrogens with zero attached hydrogens (tertiary/aromatic N) is 1. The van der Waals surface area contributed by atoms with Crippen molar-refractivity contribution in [3.63, 3.8) is 0 Å². The van der Waals surface area contributed by atoms with Gasteiger partial charge in [0.05, 0.1) is 25.5 Å². The third kappa shape index (κ3) is 5.38. The fraction of sp³-hybridized carbons (Fsp3) is 0.400. The van der Waals surface area contributed by atoms with Crippen LogP contribution in [0.2, 0.25) is 0 Å². The van der Waals surface area contributed by atoms with Crippen LogP contribution in [0.15, 0.2) is 23.2 Å². The molecule has 0 radical (unpaired) electrons. The summed E-state index contributed by atoms with van der Waals surface area (Å²) in [6.07, 6.45) is 1.19. The van der Waals surface area contributed by atoms with E-state index < -0.39 is 17.9 Å². The Bertz CT molecular complexity index is 541. The number of aliphatic imine (C=N–C) groups is 1. The van der Waals surface area contributed by atoms with Crippen LogP contribution in [-0.4, -0.2) is 36.5 Å². The molecular weight excluding hydrogens is 401 g/mol. The van der Waals surface area contributed by atoms with Crippen LogP contribution >= 0.6 is 22.6 Å². The fourth-order valence-electron chi connectivity index (χ4n) is 1.64. The van der Waals surface area contributed by atoms with Gasteiger partial charge in [0.25, 0.3) is 0 Å². The summed E-state index contributed by atoms with van der Waals surface area (Å²) in [5.74, 6) is -2.63. The molecule has 0 spiro atoms. The highest BCUT2D eigenvalue weighted by molar-refractivity contribution is 14.1. The largest absolute Gasteiger partial charge is 0.465 e. The van der Waals surface area contributed by atoms with Gasteiger partial charge in [-0.05, 0) is 54.6 Å². The number of halogens is 1. The minimum Gasteiger partial charge on any atom is -0.465 e. The summed E-state index contributed by atoms with van der Waals surface area (Å²) in [5, 5.41) is 9.33. The van der Waals surface area contributed by atoms with Gasteiger partial charge < -0.3 is 14.6 Å². The summed E-state index contributed by atoms with van der Waals surface area (Å²) in [4.78, 5) is 27.8. The molecule has 0 atom stereocenters. The normalized spacial score (nSPS) is 11.0. The lowest BCUT2D eigenvalue weighted by Gasteiger charge is -2.10. The molecule has 0 fully saturated rings. The fourth-order valence-corrected chi connectivity index (χ4v) is 2.20. The number of aliphatic hydroxyl groups excluding tert-OH is 1. The van der Waals surface area contributed by atoms with E-state index >= 15 is 0 Å². The Balaban J connectivity index is 3.02. The van der Waals surface area contributed by atoms with E-state index in [9.17, 15) is 14.7 Å². The summed E-state index contributed by atoms with van der Waals surface area (Å²) in [6, 6.07) is 5.30. The Morgan fingerprint density at radius 2 is 1.86 bits per heavy atom.